The van der Waals surface area contributed by atoms with Gasteiger partial charge in [0.1, 0.15) is 5.69 Å². The number of aromatic nitrogens is 2. The lowest BCUT2D eigenvalue weighted by molar-refractivity contribution is -0.384. The first kappa shape index (κ1) is 20.3. The average molecular weight is 409 g/mol. The predicted molar refractivity (Wildman–Crippen MR) is 107 cm³/mol. The van der Waals surface area contributed by atoms with E-state index in [0.29, 0.717) is 5.56 Å². The minimum atomic E-state index is -0.893. The van der Waals surface area contributed by atoms with Crippen LogP contribution in [0.5, 0.6) is 0 Å². The fourth-order valence-corrected chi connectivity index (χ4v) is 2.79. The van der Waals surface area contributed by atoms with Gasteiger partial charge in [-0.15, -0.1) is 0 Å². The molecular formula is C19H15N5O6. The molecule has 1 N–H and O–H groups in total. The molecular weight excluding hydrogens is 394 g/mol. The van der Waals surface area contributed by atoms with Crippen molar-refractivity contribution in [1.29, 1.82) is 0 Å². The van der Waals surface area contributed by atoms with Crippen LogP contribution in [0.3, 0.4) is 0 Å². The van der Waals surface area contributed by atoms with E-state index in [1.165, 1.54) is 43.3 Å². The van der Waals surface area contributed by atoms with Gasteiger partial charge >= 0.3 is 0 Å². The Labute approximate surface area is 168 Å². The van der Waals surface area contributed by atoms with Gasteiger partial charge in [0.2, 0.25) is 5.43 Å². The van der Waals surface area contributed by atoms with E-state index < -0.39 is 26.9 Å². The Morgan fingerprint density at radius 3 is 2.40 bits per heavy atom. The summed E-state index contributed by atoms with van der Waals surface area (Å²) >= 11 is 0. The second kappa shape index (κ2) is 7.91. The van der Waals surface area contributed by atoms with Crippen LogP contribution in [0.15, 0.2) is 53.3 Å². The summed E-state index contributed by atoms with van der Waals surface area (Å²) in [6.45, 7) is 3.16. The number of aryl methyl sites for hydroxylation is 2. The number of nitrogens with zero attached hydrogens (tertiary/aromatic N) is 4. The maximum absolute atomic E-state index is 12.7. The van der Waals surface area contributed by atoms with Crippen LogP contribution in [-0.4, -0.2) is 25.5 Å². The Kier molecular flexibility index (Phi) is 5.36. The third-order valence-electron chi connectivity index (χ3n) is 4.31. The standard InChI is InChI=1S/C19H15N5O6/c1-11-7-8-13(23(27)28)10-14(11)20-19(26)18-17(25)9-12(2)22(21-18)15-5-3-4-6-16(15)24(29)30/h3-10H,1-2H3,(H,20,26). The Morgan fingerprint density at radius 1 is 1.03 bits per heavy atom. The number of rotatable bonds is 5. The number of hydrogen-bond donors (Lipinski definition) is 1. The quantitative estimate of drug-likeness (QED) is 0.502. The molecule has 0 fully saturated rings. The van der Waals surface area contributed by atoms with Crippen LogP contribution >= 0.6 is 0 Å². The molecule has 1 aromatic heterocycles. The molecule has 3 rings (SSSR count). The number of carbonyl (C=O) groups is 1. The molecule has 0 aliphatic carbocycles. The highest BCUT2D eigenvalue weighted by Gasteiger charge is 2.21. The molecule has 0 saturated carbocycles. The summed E-state index contributed by atoms with van der Waals surface area (Å²) in [6, 6.07) is 10.8. The Hall–Kier alpha value is -4.41. The molecule has 30 heavy (non-hydrogen) atoms. The largest absolute Gasteiger partial charge is 0.320 e. The molecule has 152 valence electrons. The SMILES string of the molecule is Cc1ccc([N+](=O)[O-])cc1NC(=O)c1nn(-c2ccccc2[N+](=O)[O-])c(C)cc1=O. The topological polar surface area (TPSA) is 150 Å². The van der Waals surface area contributed by atoms with E-state index in [0.717, 1.165) is 10.7 Å². The van der Waals surface area contributed by atoms with E-state index in [-0.39, 0.29) is 28.4 Å². The number of para-hydroxylation sites is 2. The molecule has 2 aromatic carbocycles. The normalized spacial score (nSPS) is 10.5. The molecule has 0 radical (unpaired) electrons. The van der Waals surface area contributed by atoms with Crippen molar-refractivity contribution in [3.05, 3.63) is 95.9 Å². The monoisotopic (exact) mass is 409 g/mol. The van der Waals surface area contributed by atoms with Gasteiger partial charge in [0.25, 0.3) is 17.3 Å². The first-order chi connectivity index (χ1) is 14.2. The lowest BCUT2D eigenvalue weighted by Crippen LogP contribution is -2.27. The lowest BCUT2D eigenvalue weighted by Gasteiger charge is -2.12. The zero-order valence-corrected chi connectivity index (χ0v) is 15.9. The van der Waals surface area contributed by atoms with E-state index in [4.69, 9.17) is 0 Å². The molecule has 0 aliphatic heterocycles. The van der Waals surface area contributed by atoms with Gasteiger partial charge in [-0.3, -0.25) is 29.8 Å². The van der Waals surface area contributed by atoms with Crippen molar-refractivity contribution < 1.29 is 14.6 Å². The first-order valence-electron chi connectivity index (χ1n) is 8.60. The zero-order chi connectivity index (χ0) is 22.0. The predicted octanol–water partition coefficient (Wildman–Crippen LogP) is 2.92. The number of carbonyl (C=O) groups excluding carboxylic acids is 1. The summed E-state index contributed by atoms with van der Waals surface area (Å²) in [4.78, 5) is 46.1. The number of benzene rings is 2. The highest BCUT2D eigenvalue weighted by Crippen LogP contribution is 2.24. The second-order valence-corrected chi connectivity index (χ2v) is 6.37. The minimum absolute atomic E-state index is 0.0839. The summed E-state index contributed by atoms with van der Waals surface area (Å²) in [5.41, 5.74) is -0.624. The summed E-state index contributed by atoms with van der Waals surface area (Å²) in [6.07, 6.45) is 0. The van der Waals surface area contributed by atoms with E-state index in [1.807, 2.05) is 0 Å². The van der Waals surface area contributed by atoms with Gasteiger partial charge in [0.05, 0.1) is 15.5 Å². The summed E-state index contributed by atoms with van der Waals surface area (Å²) in [5, 5.41) is 28.8. The molecule has 1 amide bonds. The van der Waals surface area contributed by atoms with Gasteiger partial charge in [0, 0.05) is 30.0 Å². The highest BCUT2D eigenvalue weighted by atomic mass is 16.6. The number of nitrogens with one attached hydrogen (secondary N) is 1. The number of nitro groups is 2. The third-order valence-corrected chi connectivity index (χ3v) is 4.31. The maximum Gasteiger partial charge on any atom is 0.294 e. The maximum atomic E-state index is 12.7. The Bertz CT molecular complexity index is 1250. The van der Waals surface area contributed by atoms with Crippen molar-refractivity contribution in [2.75, 3.05) is 5.32 Å². The molecule has 0 saturated heterocycles. The van der Waals surface area contributed by atoms with Crippen LogP contribution in [0.4, 0.5) is 17.1 Å². The van der Waals surface area contributed by atoms with Crippen molar-refractivity contribution in [3.63, 3.8) is 0 Å². The molecule has 11 heteroatoms. The average Bonchev–Trinajstić information content (AvgIpc) is 2.69. The zero-order valence-electron chi connectivity index (χ0n) is 15.9. The van der Waals surface area contributed by atoms with E-state index in [2.05, 4.69) is 10.4 Å². The van der Waals surface area contributed by atoms with Crippen LogP contribution in [0.1, 0.15) is 21.7 Å². The van der Waals surface area contributed by atoms with Gasteiger partial charge in [-0.25, -0.2) is 4.68 Å². The smallest absolute Gasteiger partial charge is 0.294 e. The fraction of sp³-hybridized carbons (Fsp3) is 0.105. The number of non-ortho nitro benzene ring substituents is 1. The Morgan fingerprint density at radius 2 is 1.73 bits per heavy atom. The van der Waals surface area contributed by atoms with Crippen LogP contribution < -0.4 is 10.7 Å². The molecule has 0 aliphatic rings. The molecule has 11 nitrogen and oxygen atoms in total. The van der Waals surface area contributed by atoms with Crippen LogP contribution in [0.2, 0.25) is 0 Å². The third kappa shape index (κ3) is 3.90. The second-order valence-electron chi connectivity index (χ2n) is 6.37. The molecule has 0 spiro atoms. The van der Waals surface area contributed by atoms with Crippen molar-refractivity contribution in [3.8, 4) is 5.69 Å². The van der Waals surface area contributed by atoms with Gasteiger partial charge < -0.3 is 5.32 Å². The van der Waals surface area contributed by atoms with E-state index >= 15 is 0 Å². The fourth-order valence-electron chi connectivity index (χ4n) is 2.79. The number of anilines is 1. The molecule has 0 atom stereocenters. The van der Waals surface area contributed by atoms with Crippen molar-refractivity contribution >= 4 is 23.0 Å². The van der Waals surface area contributed by atoms with Crippen molar-refractivity contribution in [1.82, 2.24) is 9.78 Å². The number of amides is 1. The van der Waals surface area contributed by atoms with Crippen molar-refractivity contribution in [2.24, 2.45) is 0 Å². The molecule has 0 unspecified atom stereocenters. The van der Waals surface area contributed by atoms with Gasteiger partial charge in [-0.05, 0) is 25.5 Å². The van der Waals surface area contributed by atoms with Crippen LogP contribution in [0, 0.1) is 34.1 Å². The molecule has 1 heterocycles. The summed E-state index contributed by atoms with van der Waals surface area (Å²) in [5.74, 6) is -0.893. The van der Waals surface area contributed by atoms with Gasteiger partial charge in [-0.1, -0.05) is 18.2 Å². The summed E-state index contributed by atoms with van der Waals surface area (Å²) < 4.78 is 1.13. The lowest BCUT2D eigenvalue weighted by atomic mass is 10.1. The Balaban J connectivity index is 2.06. The van der Waals surface area contributed by atoms with Gasteiger partial charge in [-0.2, -0.15) is 5.10 Å². The summed E-state index contributed by atoms with van der Waals surface area (Å²) in [7, 11) is 0. The first-order valence-corrected chi connectivity index (χ1v) is 8.60. The molecule has 0 bridgehead atoms. The van der Waals surface area contributed by atoms with Crippen LogP contribution in [0.25, 0.3) is 5.69 Å². The van der Waals surface area contributed by atoms with E-state index in [1.54, 1.807) is 13.0 Å². The van der Waals surface area contributed by atoms with Crippen LogP contribution in [-0.2, 0) is 0 Å². The number of nitro benzene ring substituents is 2. The van der Waals surface area contributed by atoms with Gasteiger partial charge in [0.15, 0.2) is 5.69 Å². The minimum Gasteiger partial charge on any atom is -0.320 e. The highest BCUT2D eigenvalue weighted by molar-refractivity contribution is 6.03. The molecule has 3 aromatic rings. The van der Waals surface area contributed by atoms with E-state index in [9.17, 15) is 29.8 Å². The number of hydrogen-bond acceptors (Lipinski definition) is 7. The van der Waals surface area contributed by atoms with Crippen molar-refractivity contribution in [2.45, 2.75) is 13.8 Å².